The number of esters is 1. The first-order chi connectivity index (χ1) is 12.7. The monoisotopic (exact) mass is 396 g/mol. The normalized spacial score (nSPS) is 16.6. The lowest BCUT2D eigenvalue weighted by molar-refractivity contribution is -0.386. The second-order valence-corrected chi connectivity index (χ2v) is 6.32. The number of carbonyl (C=O) groups excluding carboxylic acids is 3. The van der Waals surface area contributed by atoms with Crippen molar-refractivity contribution in [3.63, 3.8) is 0 Å². The third kappa shape index (κ3) is 4.03. The number of ether oxygens (including phenoxy) is 2. The Morgan fingerprint density at radius 2 is 2.11 bits per heavy atom. The van der Waals surface area contributed by atoms with Gasteiger partial charge in [0.25, 0.3) is 11.1 Å². The average molecular weight is 396 g/mol. The predicted octanol–water partition coefficient (Wildman–Crippen LogP) is 2.30. The van der Waals surface area contributed by atoms with Gasteiger partial charge in [0.2, 0.25) is 5.75 Å². The van der Waals surface area contributed by atoms with Crippen molar-refractivity contribution in [1.29, 1.82) is 0 Å². The van der Waals surface area contributed by atoms with E-state index in [-0.39, 0.29) is 22.8 Å². The Bertz CT molecular complexity index is 851. The quantitative estimate of drug-likeness (QED) is 0.332. The molecule has 27 heavy (non-hydrogen) atoms. The minimum Gasteiger partial charge on any atom is -0.500 e. The Morgan fingerprint density at radius 1 is 1.44 bits per heavy atom. The second-order valence-electron chi connectivity index (χ2n) is 5.33. The van der Waals surface area contributed by atoms with Gasteiger partial charge in [-0.25, -0.2) is 4.79 Å². The predicted molar refractivity (Wildman–Crippen MR) is 95.2 cm³/mol. The number of carbonyl (C=O) groups is 3. The molecule has 1 unspecified atom stereocenters. The van der Waals surface area contributed by atoms with E-state index in [1.54, 1.807) is 6.92 Å². The lowest BCUT2D eigenvalue weighted by Gasteiger charge is -2.19. The number of aromatic hydroxyl groups is 1. The molecule has 1 aliphatic heterocycles. The van der Waals surface area contributed by atoms with Crippen LogP contribution in [0.2, 0.25) is 0 Å². The van der Waals surface area contributed by atoms with Crippen molar-refractivity contribution >= 4 is 40.6 Å². The Kier molecular flexibility index (Phi) is 6.05. The summed E-state index contributed by atoms with van der Waals surface area (Å²) >= 11 is 0.590. The Balaban J connectivity index is 2.39. The van der Waals surface area contributed by atoms with Gasteiger partial charge in [-0.15, -0.1) is 0 Å². The summed E-state index contributed by atoms with van der Waals surface area (Å²) in [6.07, 6.45) is 1.25. The van der Waals surface area contributed by atoms with Crippen molar-refractivity contribution < 1.29 is 33.9 Å². The molecule has 1 heterocycles. The van der Waals surface area contributed by atoms with Crippen LogP contribution in [0.4, 0.5) is 10.5 Å². The molecule has 0 aromatic heterocycles. The first kappa shape index (κ1) is 20.2. The topological polar surface area (TPSA) is 136 Å². The largest absolute Gasteiger partial charge is 0.500 e. The van der Waals surface area contributed by atoms with Gasteiger partial charge >= 0.3 is 11.7 Å². The average Bonchev–Trinajstić information content (AvgIpc) is 2.89. The molecule has 2 rings (SSSR count). The van der Waals surface area contributed by atoms with E-state index in [1.165, 1.54) is 26.2 Å². The molecule has 10 nitrogen and oxygen atoms in total. The summed E-state index contributed by atoms with van der Waals surface area (Å²) in [5, 5.41) is 20.2. The SMILES string of the molecule is CCOC(=O)C(C)N1C(=O)SC(=Cc2cc(OC)c(O)c([N+](=O)[O-])c2)C1=O. The fourth-order valence-corrected chi connectivity index (χ4v) is 3.23. The minimum absolute atomic E-state index is 0.0295. The van der Waals surface area contributed by atoms with E-state index in [2.05, 4.69) is 0 Å². The maximum absolute atomic E-state index is 12.5. The fourth-order valence-electron chi connectivity index (χ4n) is 2.33. The zero-order chi connectivity index (χ0) is 20.3. The van der Waals surface area contributed by atoms with Gasteiger partial charge in [-0.1, -0.05) is 0 Å². The van der Waals surface area contributed by atoms with Crippen LogP contribution in [0.1, 0.15) is 19.4 Å². The third-order valence-electron chi connectivity index (χ3n) is 3.63. The van der Waals surface area contributed by atoms with E-state index >= 15 is 0 Å². The standard InChI is InChI=1S/C16H16N2O8S/c1-4-26-15(21)8(2)17-14(20)12(27-16(17)22)7-9-5-10(18(23)24)13(19)11(6-9)25-3/h5-8,19H,4H2,1-3H3. The molecule has 1 aromatic carbocycles. The molecule has 1 aliphatic rings. The van der Waals surface area contributed by atoms with Gasteiger partial charge in [0.05, 0.1) is 23.5 Å². The molecule has 1 N–H and O–H groups in total. The number of nitrogens with zero attached hydrogens (tertiary/aromatic N) is 2. The van der Waals surface area contributed by atoms with Crippen molar-refractivity contribution in [3.8, 4) is 11.5 Å². The summed E-state index contributed by atoms with van der Waals surface area (Å²) in [5.41, 5.74) is -0.439. The third-order valence-corrected chi connectivity index (χ3v) is 4.51. The molecule has 0 aliphatic carbocycles. The van der Waals surface area contributed by atoms with Crippen LogP contribution >= 0.6 is 11.8 Å². The van der Waals surface area contributed by atoms with E-state index in [0.717, 1.165) is 11.0 Å². The highest BCUT2D eigenvalue weighted by molar-refractivity contribution is 8.18. The van der Waals surface area contributed by atoms with Gasteiger partial charge in [-0.05, 0) is 43.3 Å². The van der Waals surface area contributed by atoms with E-state index in [9.17, 15) is 29.6 Å². The van der Waals surface area contributed by atoms with Crippen molar-refractivity contribution in [1.82, 2.24) is 4.90 Å². The maximum Gasteiger partial charge on any atom is 0.329 e. The number of phenolic OH excluding ortho intramolecular Hbond substituents is 1. The highest BCUT2D eigenvalue weighted by Gasteiger charge is 2.41. The number of benzene rings is 1. The molecule has 0 spiro atoms. The van der Waals surface area contributed by atoms with Crippen molar-refractivity contribution in [2.45, 2.75) is 19.9 Å². The number of imide groups is 1. The molecule has 144 valence electrons. The van der Waals surface area contributed by atoms with Crippen LogP contribution in [0.25, 0.3) is 6.08 Å². The molecule has 2 amide bonds. The highest BCUT2D eigenvalue weighted by Crippen LogP contribution is 2.39. The number of nitro benzene ring substituents is 1. The molecular weight excluding hydrogens is 380 g/mol. The molecule has 1 atom stereocenters. The summed E-state index contributed by atoms with van der Waals surface area (Å²) in [6, 6.07) is 1.22. The van der Waals surface area contributed by atoms with Crippen LogP contribution in [-0.4, -0.2) is 51.8 Å². The van der Waals surface area contributed by atoms with E-state index in [1.807, 2.05) is 0 Å². The zero-order valence-corrected chi connectivity index (χ0v) is 15.4. The number of thioether (sulfide) groups is 1. The summed E-state index contributed by atoms with van der Waals surface area (Å²) in [4.78, 5) is 47.4. The van der Waals surface area contributed by atoms with Crippen molar-refractivity contribution in [3.05, 3.63) is 32.7 Å². The fraction of sp³-hybridized carbons (Fsp3) is 0.312. The smallest absolute Gasteiger partial charge is 0.329 e. The van der Waals surface area contributed by atoms with Gasteiger partial charge in [-0.2, -0.15) is 0 Å². The highest BCUT2D eigenvalue weighted by atomic mass is 32.2. The van der Waals surface area contributed by atoms with Gasteiger partial charge in [-0.3, -0.25) is 24.6 Å². The first-order valence-electron chi connectivity index (χ1n) is 7.70. The second kappa shape index (κ2) is 8.08. The number of hydrogen-bond acceptors (Lipinski definition) is 9. The van der Waals surface area contributed by atoms with Crippen LogP contribution in [-0.2, 0) is 14.3 Å². The Hall–Kier alpha value is -3.08. The maximum atomic E-state index is 12.5. The summed E-state index contributed by atoms with van der Waals surface area (Å²) < 4.78 is 9.71. The van der Waals surface area contributed by atoms with Crippen LogP contribution in [0.3, 0.4) is 0 Å². The van der Waals surface area contributed by atoms with Gasteiger partial charge in [0, 0.05) is 6.07 Å². The van der Waals surface area contributed by atoms with Gasteiger partial charge in [0.15, 0.2) is 5.75 Å². The number of hydrogen-bond donors (Lipinski definition) is 1. The Morgan fingerprint density at radius 3 is 2.67 bits per heavy atom. The van der Waals surface area contributed by atoms with Gasteiger partial charge < -0.3 is 14.6 Å². The van der Waals surface area contributed by atoms with Crippen LogP contribution < -0.4 is 4.74 Å². The summed E-state index contributed by atoms with van der Waals surface area (Å²) in [6.45, 7) is 3.07. The van der Waals surface area contributed by atoms with E-state index in [4.69, 9.17) is 9.47 Å². The molecule has 1 fully saturated rings. The molecule has 1 saturated heterocycles. The molecular formula is C16H16N2O8S. The molecule has 0 radical (unpaired) electrons. The minimum atomic E-state index is -1.10. The number of methoxy groups -OCH3 is 1. The molecule has 11 heteroatoms. The zero-order valence-electron chi connectivity index (χ0n) is 14.6. The van der Waals surface area contributed by atoms with E-state index in [0.29, 0.717) is 11.8 Å². The van der Waals surface area contributed by atoms with Crippen molar-refractivity contribution in [2.75, 3.05) is 13.7 Å². The summed E-state index contributed by atoms with van der Waals surface area (Å²) in [5.74, 6) is -2.25. The van der Waals surface area contributed by atoms with Crippen LogP contribution in [0.5, 0.6) is 11.5 Å². The lowest BCUT2D eigenvalue weighted by Crippen LogP contribution is -2.42. The van der Waals surface area contributed by atoms with E-state index < -0.39 is 39.5 Å². The van der Waals surface area contributed by atoms with Crippen molar-refractivity contribution in [2.24, 2.45) is 0 Å². The molecule has 0 saturated carbocycles. The first-order valence-corrected chi connectivity index (χ1v) is 8.52. The summed E-state index contributed by atoms with van der Waals surface area (Å²) in [7, 11) is 1.22. The number of rotatable bonds is 6. The number of phenols is 1. The number of amides is 2. The van der Waals surface area contributed by atoms with Gasteiger partial charge in [0.1, 0.15) is 6.04 Å². The molecule has 0 bridgehead atoms. The lowest BCUT2D eigenvalue weighted by atomic mass is 10.1. The van der Waals surface area contributed by atoms with Crippen LogP contribution in [0, 0.1) is 10.1 Å². The number of nitro groups is 1. The van der Waals surface area contributed by atoms with Crippen LogP contribution in [0.15, 0.2) is 17.0 Å². The Labute approximate surface area is 157 Å². The molecule has 1 aromatic rings.